The van der Waals surface area contributed by atoms with Crippen molar-refractivity contribution in [2.45, 2.75) is 32.9 Å². The highest BCUT2D eigenvalue weighted by molar-refractivity contribution is 7.80. The molecule has 0 aliphatic carbocycles. The van der Waals surface area contributed by atoms with Crippen molar-refractivity contribution in [3.63, 3.8) is 0 Å². The molecule has 0 bridgehead atoms. The third-order valence-electron chi connectivity index (χ3n) is 5.91. The summed E-state index contributed by atoms with van der Waals surface area (Å²) in [7, 11) is 1.86. The van der Waals surface area contributed by atoms with Gasteiger partial charge in [-0.05, 0) is 74.6 Å². The highest BCUT2D eigenvalue weighted by Crippen LogP contribution is 2.30. The number of ether oxygens (including phenoxy) is 1. The highest BCUT2D eigenvalue weighted by Gasteiger charge is 2.44. The molecule has 0 saturated carbocycles. The summed E-state index contributed by atoms with van der Waals surface area (Å²) < 4.78 is 7.28. The Bertz CT molecular complexity index is 1240. The lowest BCUT2D eigenvalue weighted by molar-refractivity contribution is -0.124. The topological polar surface area (TPSA) is 79.7 Å². The lowest BCUT2D eigenvalue weighted by Gasteiger charge is -2.23. The van der Waals surface area contributed by atoms with Crippen LogP contribution in [0.1, 0.15) is 24.6 Å². The van der Waals surface area contributed by atoms with E-state index in [0.29, 0.717) is 40.4 Å². The highest BCUT2D eigenvalue weighted by atomic mass is 35.5. The third-order valence-corrected chi connectivity index (χ3v) is 6.58. The van der Waals surface area contributed by atoms with E-state index >= 15 is 0 Å². The lowest BCUT2D eigenvalue weighted by Crippen LogP contribution is -2.37. The van der Waals surface area contributed by atoms with Crippen molar-refractivity contribution in [3.05, 3.63) is 71.0 Å². The second-order valence-corrected chi connectivity index (χ2v) is 8.97. The molecule has 1 aliphatic rings. The number of halogens is 1. The first-order chi connectivity index (χ1) is 16.8. The molecule has 8 nitrogen and oxygen atoms in total. The lowest BCUT2D eigenvalue weighted by atomic mass is 10.1. The van der Waals surface area contributed by atoms with Gasteiger partial charge in [0.1, 0.15) is 11.8 Å². The number of rotatable bonds is 8. The Balaban J connectivity index is 1.60. The van der Waals surface area contributed by atoms with Crippen molar-refractivity contribution in [3.8, 4) is 5.75 Å². The van der Waals surface area contributed by atoms with Gasteiger partial charge in [0.2, 0.25) is 5.91 Å². The standard InChI is InChI=1S/C25H26ClN5O3S/c1-4-34-21-11-9-20(10-12-21)31-24(33)22(13-23(32)28-19-7-5-18(26)6-8-19)30(25(31)35)15-17-14-27-29(3)16(17)2/h5-12,14,22H,4,13,15H2,1-3H3,(H,28,32). The number of carbonyl (C=O) groups excluding carboxylic acids is 2. The molecule has 1 fully saturated rings. The zero-order valence-electron chi connectivity index (χ0n) is 19.7. The van der Waals surface area contributed by atoms with Crippen LogP contribution in [-0.2, 0) is 23.2 Å². The predicted molar refractivity (Wildman–Crippen MR) is 140 cm³/mol. The number of thiocarbonyl (C=S) groups is 1. The average molecular weight is 512 g/mol. The fraction of sp³-hybridized carbons (Fsp3) is 0.280. The molecule has 2 heterocycles. The van der Waals surface area contributed by atoms with E-state index in [9.17, 15) is 9.59 Å². The molecule has 3 aromatic rings. The first kappa shape index (κ1) is 24.7. The van der Waals surface area contributed by atoms with Crippen LogP contribution in [0.15, 0.2) is 54.7 Å². The third kappa shape index (κ3) is 5.31. The van der Waals surface area contributed by atoms with E-state index < -0.39 is 6.04 Å². The summed E-state index contributed by atoms with van der Waals surface area (Å²) in [6.07, 6.45) is 1.70. The van der Waals surface area contributed by atoms with Crippen LogP contribution in [0.4, 0.5) is 11.4 Å². The fourth-order valence-electron chi connectivity index (χ4n) is 3.91. The maximum Gasteiger partial charge on any atom is 0.256 e. The van der Waals surface area contributed by atoms with Crippen LogP contribution < -0.4 is 15.0 Å². The summed E-state index contributed by atoms with van der Waals surface area (Å²) in [5, 5.41) is 8.05. The monoisotopic (exact) mass is 511 g/mol. The number of amides is 2. The van der Waals surface area contributed by atoms with Gasteiger partial charge in [-0.25, -0.2) is 0 Å². The molecule has 1 aliphatic heterocycles. The van der Waals surface area contributed by atoms with Crippen LogP contribution in [0, 0.1) is 6.92 Å². The number of hydrogen-bond donors (Lipinski definition) is 1. The zero-order valence-corrected chi connectivity index (χ0v) is 21.3. The predicted octanol–water partition coefficient (Wildman–Crippen LogP) is 4.31. The van der Waals surface area contributed by atoms with E-state index in [4.69, 9.17) is 28.6 Å². The Kier molecular flexibility index (Phi) is 7.37. The van der Waals surface area contributed by atoms with Gasteiger partial charge in [0.05, 0.1) is 24.9 Å². The number of carbonyl (C=O) groups is 2. The minimum absolute atomic E-state index is 0.0611. The van der Waals surface area contributed by atoms with Gasteiger partial charge in [0.15, 0.2) is 5.11 Å². The zero-order chi connectivity index (χ0) is 25.1. The van der Waals surface area contributed by atoms with E-state index in [0.717, 1.165) is 11.3 Å². The smallest absolute Gasteiger partial charge is 0.256 e. The van der Waals surface area contributed by atoms with Crippen molar-refractivity contribution in [2.75, 3.05) is 16.8 Å². The Morgan fingerprint density at radius 2 is 1.86 bits per heavy atom. The van der Waals surface area contributed by atoms with Crippen LogP contribution >= 0.6 is 23.8 Å². The molecule has 35 heavy (non-hydrogen) atoms. The van der Waals surface area contributed by atoms with Crippen molar-refractivity contribution in [1.29, 1.82) is 0 Å². The molecule has 1 saturated heterocycles. The molecule has 1 N–H and O–H groups in total. The summed E-state index contributed by atoms with van der Waals surface area (Å²) in [4.78, 5) is 29.8. The molecular formula is C25H26ClN5O3S. The van der Waals surface area contributed by atoms with Crippen molar-refractivity contribution in [1.82, 2.24) is 14.7 Å². The SMILES string of the molecule is CCOc1ccc(N2C(=O)C(CC(=O)Nc3ccc(Cl)cc3)N(Cc3cnn(C)c3C)C2=S)cc1. The van der Waals surface area contributed by atoms with Crippen molar-refractivity contribution in [2.24, 2.45) is 7.05 Å². The number of aromatic nitrogens is 2. The molecule has 10 heteroatoms. The van der Waals surface area contributed by atoms with Crippen LogP contribution in [-0.4, -0.2) is 44.3 Å². The van der Waals surface area contributed by atoms with Gasteiger partial charge < -0.3 is 15.0 Å². The number of benzene rings is 2. The molecule has 1 unspecified atom stereocenters. The maximum atomic E-state index is 13.6. The first-order valence-corrected chi connectivity index (χ1v) is 12.0. The van der Waals surface area contributed by atoms with Gasteiger partial charge >= 0.3 is 0 Å². The summed E-state index contributed by atoms with van der Waals surface area (Å²) in [5.74, 6) is 0.150. The van der Waals surface area contributed by atoms with Gasteiger partial charge in [-0.2, -0.15) is 5.10 Å². The van der Waals surface area contributed by atoms with Gasteiger partial charge in [0.25, 0.3) is 5.91 Å². The Morgan fingerprint density at radius 3 is 2.46 bits per heavy atom. The quantitative estimate of drug-likeness (QED) is 0.454. The number of nitrogens with one attached hydrogen (secondary N) is 1. The van der Waals surface area contributed by atoms with Crippen LogP contribution in [0.3, 0.4) is 0 Å². The normalized spacial score (nSPS) is 15.6. The molecule has 2 amide bonds. The fourth-order valence-corrected chi connectivity index (χ4v) is 4.43. The Hall–Kier alpha value is -3.43. The summed E-state index contributed by atoms with van der Waals surface area (Å²) in [5.41, 5.74) is 3.12. The molecule has 0 spiro atoms. The second-order valence-electron chi connectivity index (χ2n) is 8.16. The molecule has 2 aromatic carbocycles. The molecule has 4 rings (SSSR count). The minimum Gasteiger partial charge on any atom is -0.494 e. The average Bonchev–Trinajstić information content (AvgIpc) is 3.27. The first-order valence-electron chi connectivity index (χ1n) is 11.2. The number of aryl methyl sites for hydroxylation is 1. The molecule has 182 valence electrons. The van der Waals surface area contributed by atoms with E-state index in [1.807, 2.05) is 20.9 Å². The largest absolute Gasteiger partial charge is 0.494 e. The van der Waals surface area contributed by atoms with E-state index in [1.54, 1.807) is 64.3 Å². The maximum absolute atomic E-state index is 13.6. The van der Waals surface area contributed by atoms with E-state index in [1.165, 1.54) is 4.90 Å². The van der Waals surface area contributed by atoms with Gasteiger partial charge in [-0.15, -0.1) is 0 Å². The number of nitrogens with zero attached hydrogens (tertiary/aromatic N) is 4. The van der Waals surface area contributed by atoms with Gasteiger partial charge in [-0.3, -0.25) is 19.2 Å². The van der Waals surface area contributed by atoms with E-state index in [2.05, 4.69) is 10.4 Å². The molecule has 1 atom stereocenters. The molecule has 1 aromatic heterocycles. The molecule has 0 radical (unpaired) electrons. The minimum atomic E-state index is -0.763. The number of hydrogen-bond acceptors (Lipinski definition) is 5. The van der Waals surface area contributed by atoms with Crippen LogP contribution in [0.5, 0.6) is 5.75 Å². The number of anilines is 2. The van der Waals surface area contributed by atoms with E-state index in [-0.39, 0.29) is 18.2 Å². The molecular weight excluding hydrogens is 486 g/mol. The Labute approximate surface area is 214 Å². The van der Waals surface area contributed by atoms with Crippen LogP contribution in [0.2, 0.25) is 5.02 Å². The van der Waals surface area contributed by atoms with Crippen LogP contribution in [0.25, 0.3) is 0 Å². The van der Waals surface area contributed by atoms with Crippen molar-refractivity contribution < 1.29 is 14.3 Å². The summed E-state index contributed by atoms with van der Waals surface area (Å²) in [6.45, 7) is 4.76. The summed E-state index contributed by atoms with van der Waals surface area (Å²) in [6, 6.07) is 13.2. The second kappa shape index (κ2) is 10.5. The summed E-state index contributed by atoms with van der Waals surface area (Å²) >= 11 is 11.7. The van der Waals surface area contributed by atoms with Crippen molar-refractivity contribution >= 4 is 52.1 Å². The van der Waals surface area contributed by atoms with Gasteiger partial charge in [-0.1, -0.05) is 11.6 Å². The Morgan fingerprint density at radius 1 is 1.17 bits per heavy atom. The van der Waals surface area contributed by atoms with Gasteiger partial charge in [0, 0.05) is 35.6 Å².